The van der Waals surface area contributed by atoms with Crippen LogP contribution in [-0.4, -0.2) is 49.1 Å². The SMILES string of the molecule is CCCCN1C(=O)C(=O)/C(=C(/O)c2cc(Cl)c(OC)cc2OC)C1c1ccc(OCCC)cc1. The van der Waals surface area contributed by atoms with Crippen LogP contribution in [0.15, 0.2) is 42.0 Å². The van der Waals surface area contributed by atoms with E-state index < -0.39 is 17.7 Å². The number of likely N-dealkylation sites (tertiary alicyclic amines) is 1. The van der Waals surface area contributed by atoms with Crippen molar-refractivity contribution < 1.29 is 28.9 Å². The number of halogens is 1. The van der Waals surface area contributed by atoms with Gasteiger partial charge in [0.15, 0.2) is 0 Å². The maximum atomic E-state index is 13.2. The summed E-state index contributed by atoms with van der Waals surface area (Å²) < 4.78 is 16.3. The number of hydrogen-bond acceptors (Lipinski definition) is 6. The standard InChI is InChI=1S/C26H30ClNO6/c1-5-7-12-28-23(16-8-10-17(11-9-16)34-13-6-2)22(25(30)26(28)31)24(29)18-14-19(27)21(33-4)15-20(18)32-3/h8-11,14-15,23,29H,5-7,12-13H2,1-4H3/b24-22+. The maximum Gasteiger partial charge on any atom is 0.295 e. The van der Waals surface area contributed by atoms with Crippen LogP contribution in [0.25, 0.3) is 5.76 Å². The molecule has 1 heterocycles. The number of amides is 1. The number of Topliss-reactive ketones (excluding diaryl/α,β-unsaturated/α-hetero) is 1. The molecule has 1 N–H and O–H groups in total. The van der Waals surface area contributed by atoms with E-state index in [0.717, 1.165) is 19.3 Å². The number of ketones is 1. The zero-order valence-corrected chi connectivity index (χ0v) is 20.6. The van der Waals surface area contributed by atoms with Crippen LogP contribution >= 0.6 is 11.6 Å². The van der Waals surface area contributed by atoms with Gasteiger partial charge in [-0.2, -0.15) is 0 Å². The van der Waals surface area contributed by atoms with E-state index in [-0.39, 0.29) is 27.7 Å². The van der Waals surface area contributed by atoms with Gasteiger partial charge in [-0.05, 0) is 36.6 Å². The zero-order chi connectivity index (χ0) is 24.8. The summed E-state index contributed by atoms with van der Waals surface area (Å²) >= 11 is 6.29. The molecule has 0 saturated carbocycles. The van der Waals surface area contributed by atoms with Crippen molar-refractivity contribution >= 4 is 29.1 Å². The number of hydrogen-bond donors (Lipinski definition) is 1. The Bertz CT molecular complexity index is 1080. The van der Waals surface area contributed by atoms with Gasteiger partial charge in [-0.15, -0.1) is 0 Å². The molecular formula is C26H30ClNO6. The average Bonchev–Trinajstić information content (AvgIpc) is 3.10. The normalized spacial score (nSPS) is 17.2. The maximum absolute atomic E-state index is 13.2. The minimum atomic E-state index is -0.752. The van der Waals surface area contributed by atoms with Gasteiger partial charge in [0.1, 0.15) is 23.0 Å². The number of rotatable bonds is 10. The lowest BCUT2D eigenvalue weighted by Gasteiger charge is -2.25. The lowest BCUT2D eigenvalue weighted by molar-refractivity contribution is -0.139. The number of methoxy groups -OCH3 is 2. The number of aliphatic hydroxyl groups is 1. The Balaban J connectivity index is 2.16. The molecule has 1 aliphatic rings. The number of aliphatic hydroxyl groups excluding tert-OH is 1. The van der Waals surface area contributed by atoms with Crippen molar-refractivity contribution in [2.75, 3.05) is 27.4 Å². The molecule has 7 nitrogen and oxygen atoms in total. The van der Waals surface area contributed by atoms with Crippen molar-refractivity contribution in [1.82, 2.24) is 4.90 Å². The molecule has 2 aromatic rings. The van der Waals surface area contributed by atoms with E-state index in [4.69, 9.17) is 25.8 Å². The van der Waals surface area contributed by atoms with Crippen LogP contribution in [0.1, 0.15) is 50.3 Å². The Kier molecular flexibility index (Phi) is 8.45. The molecule has 2 aromatic carbocycles. The summed E-state index contributed by atoms with van der Waals surface area (Å²) in [6, 6.07) is 9.47. The number of carbonyl (C=O) groups is 2. The molecule has 1 atom stereocenters. The number of carbonyl (C=O) groups excluding carboxylic acids is 2. The van der Waals surface area contributed by atoms with Gasteiger partial charge in [-0.1, -0.05) is 44.0 Å². The van der Waals surface area contributed by atoms with E-state index >= 15 is 0 Å². The van der Waals surface area contributed by atoms with Crippen LogP contribution in [-0.2, 0) is 9.59 Å². The highest BCUT2D eigenvalue weighted by Gasteiger charge is 2.46. The van der Waals surface area contributed by atoms with Gasteiger partial charge < -0.3 is 24.2 Å². The van der Waals surface area contributed by atoms with Gasteiger partial charge in [0.2, 0.25) is 0 Å². The second kappa shape index (κ2) is 11.3. The Morgan fingerprint density at radius 1 is 1.03 bits per heavy atom. The van der Waals surface area contributed by atoms with Gasteiger partial charge in [0, 0.05) is 12.6 Å². The van der Waals surface area contributed by atoms with Crippen molar-refractivity contribution in [2.45, 2.75) is 39.2 Å². The third kappa shape index (κ3) is 4.99. The van der Waals surface area contributed by atoms with Gasteiger partial charge >= 0.3 is 0 Å². The highest BCUT2D eigenvalue weighted by atomic mass is 35.5. The molecule has 1 unspecified atom stereocenters. The third-order valence-electron chi connectivity index (χ3n) is 5.69. The second-order valence-corrected chi connectivity index (χ2v) is 8.36. The van der Waals surface area contributed by atoms with E-state index in [1.807, 2.05) is 26.0 Å². The van der Waals surface area contributed by atoms with Gasteiger partial charge in [0.25, 0.3) is 11.7 Å². The van der Waals surface area contributed by atoms with E-state index in [1.165, 1.54) is 31.3 Å². The lowest BCUT2D eigenvalue weighted by atomic mass is 9.94. The Morgan fingerprint density at radius 2 is 1.71 bits per heavy atom. The first-order valence-electron chi connectivity index (χ1n) is 11.3. The largest absolute Gasteiger partial charge is 0.507 e. The molecule has 0 bridgehead atoms. The quantitative estimate of drug-likeness (QED) is 0.275. The highest BCUT2D eigenvalue weighted by molar-refractivity contribution is 6.46. The summed E-state index contributed by atoms with van der Waals surface area (Å²) in [7, 11) is 2.90. The number of ether oxygens (including phenoxy) is 3. The van der Waals surface area contributed by atoms with Crippen LogP contribution in [0.2, 0.25) is 5.02 Å². The number of unbranched alkanes of at least 4 members (excludes halogenated alkanes) is 1. The predicted molar refractivity (Wildman–Crippen MR) is 131 cm³/mol. The molecule has 34 heavy (non-hydrogen) atoms. The summed E-state index contributed by atoms with van der Waals surface area (Å²) in [6.45, 7) is 5.01. The lowest BCUT2D eigenvalue weighted by Crippen LogP contribution is -2.30. The molecule has 3 rings (SSSR count). The van der Waals surface area contributed by atoms with Crippen molar-refractivity contribution in [3.05, 3.63) is 58.1 Å². The minimum Gasteiger partial charge on any atom is -0.507 e. The molecular weight excluding hydrogens is 458 g/mol. The molecule has 0 aromatic heterocycles. The fraction of sp³-hybridized carbons (Fsp3) is 0.385. The van der Waals surface area contributed by atoms with Crippen molar-refractivity contribution in [2.24, 2.45) is 0 Å². The molecule has 8 heteroatoms. The Morgan fingerprint density at radius 3 is 2.29 bits per heavy atom. The smallest absolute Gasteiger partial charge is 0.295 e. The first kappa shape index (κ1) is 25.4. The first-order valence-corrected chi connectivity index (χ1v) is 11.7. The Hall–Kier alpha value is -3.19. The average molecular weight is 488 g/mol. The summed E-state index contributed by atoms with van der Waals surface area (Å²) in [5.41, 5.74) is 0.886. The monoisotopic (exact) mass is 487 g/mol. The van der Waals surface area contributed by atoms with Crippen LogP contribution < -0.4 is 14.2 Å². The molecule has 1 amide bonds. The van der Waals surface area contributed by atoms with E-state index in [2.05, 4.69) is 0 Å². The fourth-order valence-electron chi connectivity index (χ4n) is 3.94. The number of nitrogens with zero attached hydrogens (tertiary/aromatic N) is 1. The third-order valence-corrected chi connectivity index (χ3v) is 5.99. The molecule has 1 aliphatic heterocycles. The molecule has 0 spiro atoms. The summed E-state index contributed by atoms with van der Waals surface area (Å²) in [4.78, 5) is 27.7. The molecule has 0 radical (unpaired) electrons. The first-order chi connectivity index (χ1) is 16.4. The molecule has 0 aliphatic carbocycles. The van der Waals surface area contributed by atoms with Gasteiger partial charge in [0.05, 0.1) is 43.0 Å². The number of benzene rings is 2. The van der Waals surface area contributed by atoms with Crippen molar-refractivity contribution in [3.63, 3.8) is 0 Å². The van der Waals surface area contributed by atoms with Crippen molar-refractivity contribution in [1.29, 1.82) is 0 Å². The summed E-state index contributed by atoms with van der Waals surface area (Å²) in [6.07, 6.45) is 2.45. The van der Waals surface area contributed by atoms with Crippen LogP contribution in [0.3, 0.4) is 0 Å². The van der Waals surface area contributed by atoms with Gasteiger partial charge in [-0.25, -0.2) is 0 Å². The van der Waals surface area contributed by atoms with E-state index in [1.54, 1.807) is 12.1 Å². The Labute approximate surface area is 204 Å². The topological polar surface area (TPSA) is 85.3 Å². The minimum absolute atomic E-state index is 0.0112. The summed E-state index contributed by atoms with van der Waals surface area (Å²) in [5.74, 6) is -0.434. The molecule has 182 valence electrons. The summed E-state index contributed by atoms with van der Waals surface area (Å²) in [5, 5.41) is 11.6. The van der Waals surface area contributed by atoms with Crippen LogP contribution in [0.4, 0.5) is 0 Å². The van der Waals surface area contributed by atoms with Crippen molar-refractivity contribution in [3.8, 4) is 17.2 Å². The molecule has 1 fully saturated rings. The van der Waals surface area contributed by atoms with Gasteiger partial charge in [-0.3, -0.25) is 9.59 Å². The van der Waals surface area contributed by atoms with Crippen LogP contribution in [0.5, 0.6) is 17.2 Å². The predicted octanol–water partition coefficient (Wildman–Crippen LogP) is 5.37. The highest BCUT2D eigenvalue weighted by Crippen LogP contribution is 2.43. The zero-order valence-electron chi connectivity index (χ0n) is 19.9. The second-order valence-electron chi connectivity index (χ2n) is 7.95. The van der Waals surface area contributed by atoms with E-state index in [0.29, 0.717) is 30.2 Å². The van der Waals surface area contributed by atoms with E-state index in [9.17, 15) is 14.7 Å². The molecule has 1 saturated heterocycles. The van der Waals surface area contributed by atoms with Crippen LogP contribution in [0, 0.1) is 0 Å². The fourth-order valence-corrected chi connectivity index (χ4v) is 4.18.